The van der Waals surface area contributed by atoms with Crippen LogP contribution in [0.1, 0.15) is 31.0 Å². The van der Waals surface area contributed by atoms with E-state index in [2.05, 4.69) is 34.7 Å². The maximum absolute atomic E-state index is 10.4. The molecule has 0 unspecified atom stereocenters. The molecule has 160 valence electrons. The number of ether oxygens (including phenoxy) is 2. The smallest absolute Gasteiger partial charge is 0.191 e. The van der Waals surface area contributed by atoms with Gasteiger partial charge in [0.15, 0.2) is 11.0 Å². The van der Waals surface area contributed by atoms with Crippen molar-refractivity contribution in [2.45, 2.75) is 45.0 Å². The maximum Gasteiger partial charge on any atom is 0.191 e. The molecular formula is C23H29N3O3S. The molecule has 1 heterocycles. The number of aliphatic hydroxyl groups is 1. The number of rotatable bonds is 9. The number of nitrogens with zero attached hydrogens (tertiary/aromatic N) is 3. The third kappa shape index (κ3) is 5.55. The van der Waals surface area contributed by atoms with Crippen molar-refractivity contribution in [3.8, 4) is 22.9 Å². The van der Waals surface area contributed by atoms with Crippen LogP contribution in [0.2, 0.25) is 0 Å². The number of aliphatic hydroxyl groups excluding tert-OH is 1. The monoisotopic (exact) mass is 427 g/mol. The van der Waals surface area contributed by atoms with Crippen LogP contribution in [-0.4, -0.2) is 45.4 Å². The number of aromatic nitrogens is 3. The normalized spacial score (nSPS) is 12.2. The van der Waals surface area contributed by atoms with Crippen molar-refractivity contribution < 1.29 is 14.6 Å². The second-order valence-electron chi connectivity index (χ2n) is 7.60. The minimum atomic E-state index is -0.613. The first-order chi connectivity index (χ1) is 14.4. The van der Waals surface area contributed by atoms with Gasteiger partial charge in [0, 0.05) is 17.4 Å². The van der Waals surface area contributed by atoms with Crippen LogP contribution in [0.15, 0.2) is 47.6 Å². The molecule has 30 heavy (non-hydrogen) atoms. The quantitative estimate of drug-likeness (QED) is 0.500. The zero-order valence-corrected chi connectivity index (χ0v) is 18.9. The van der Waals surface area contributed by atoms with Crippen molar-refractivity contribution in [2.75, 3.05) is 19.5 Å². The highest BCUT2D eigenvalue weighted by molar-refractivity contribution is 7.99. The van der Waals surface area contributed by atoms with Crippen LogP contribution in [0.25, 0.3) is 11.4 Å². The molecular weight excluding hydrogens is 398 g/mol. The number of methoxy groups -OCH3 is 1. The van der Waals surface area contributed by atoms with Crippen LogP contribution in [0.5, 0.6) is 11.5 Å². The zero-order chi connectivity index (χ0) is 21.7. The SMILES string of the molecule is COc1ccc(-c2nnc(SC[C@@H](O)COc3cc(C)cc(C)c3)n2C(C)C)cc1. The highest BCUT2D eigenvalue weighted by atomic mass is 32.2. The average Bonchev–Trinajstić information content (AvgIpc) is 3.14. The Labute approximate surface area is 182 Å². The van der Waals surface area contributed by atoms with Crippen molar-refractivity contribution in [2.24, 2.45) is 0 Å². The van der Waals surface area contributed by atoms with Gasteiger partial charge in [-0.15, -0.1) is 10.2 Å². The highest BCUT2D eigenvalue weighted by Crippen LogP contribution is 2.29. The van der Waals surface area contributed by atoms with Crippen LogP contribution in [0, 0.1) is 13.8 Å². The molecule has 0 saturated heterocycles. The third-order valence-corrected chi connectivity index (χ3v) is 5.66. The second-order valence-corrected chi connectivity index (χ2v) is 8.58. The van der Waals surface area contributed by atoms with Gasteiger partial charge in [-0.05, 0) is 75.2 Å². The lowest BCUT2D eigenvalue weighted by molar-refractivity contribution is 0.126. The van der Waals surface area contributed by atoms with E-state index < -0.39 is 6.10 Å². The van der Waals surface area contributed by atoms with Gasteiger partial charge < -0.3 is 14.6 Å². The van der Waals surface area contributed by atoms with E-state index in [0.717, 1.165) is 39.2 Å². The summed E-state index contributed by atoms with van der Waals surface area (Å²) >= 11 is 1.48. The molecule has 3 aromatic rings. The second kappa shape index (κ2) is 10.00. The topological polar surface area (TPSA) is 69.4 Å². The fourth-order valence-corrected chi connectivity index (χ4v) is 4.18. The van der Waals surface area contributed by atoms with Crippen molar-refractivity contribution >= 4 is 11.8 Å². The lowest BCUT2D eigenvalue weighted by Gasteiger charge is -2.16. The summed E-state index contributed by atoms with van der Waals surface area (Å²) < 4.78 is 13.1. The van der Waals surface area contributed by atoms with Gasteiger partial charge in [0.1, 0.15) is 18.1 Å². The summed E-state index contributed by atoms with van der Waals surface area (Å²) in [5, 5.41) is 19.9. The summed E-state index contributed by atoms with van der Waals surface area (Å²) in [5.74, 6) is 2.86. The Kier molecular flexibility index (Phi) is 7.39. The van der Waals surface area contributed by atoms with Crippen LogP contribution in [0.4, 0.5) is 0 Å². The van der Waals surface area contributed by atoms with Crippen LogP contribution in [0.3, 0.4) is 0 Å². The van der Waals surface area contributed by atoms with Crippen LogP contribution in [-0.2, 0) is 0 Å². The van der Waals surface area contributed by atoms with Gasteiger partial charge in [0.05, 0.1) is 13.2 Å². The molecule has 1 aromatic heterocycles. The minimum absolute atomic E-state index is 0.184. The molecule has 2 aromatic carbocycles. The van der Waals surface area contributed by atoms with Crippen molar-refractivity contribution in [3.05, 3.63) is 53.6 Å². The number of hydrogen-bond donors (Lipinski definition) is 1. The molecule has 7 heteroatoms. The van der Waals surface area contributed by atoms with E-state index in [9.17, 15) is 5.11 Å². The highest BCUT2D eigenvalue weighted by Gasteiger charge is 2.18. The standard InChI is InChI=1S/C23H29N3O3S/c1-15(2)26-22(18-6-8-20(28-5)9-7-18)24-25-23(26)30-14-19(27)13-29-21-11-16(3)10-17(4)12-21/h6-12,15,19,27H,13-14H2,1-5H3/t19-/m0/s1. The molecule has 0 fully saturated rings. The van der Waals surface area contributed by atoms with Gasteiger partial charge in [-0.25, -0.2) is 0 Å². The summed E-state index contributed by atoms with van der Waals surface area (Å²) in [4.78, 5) is 0. The van der Waals surface area contributed by atoms with E-state index in [1.54, 1.807) is 7.11 Å². The Hall–Kier alpha value is -2.51. The Morgan fingerprint density at radius 3 is 2.27 bits per heavy atom. The van der Waals surface area contributed by atoms with Crippen LogP contribution >= 0.6 is 11.8 Å². The summed E-state index contributed by atoms with van der Waals surface area (Å²) in [6.45, 7) is 8.49. The van der Waals surface area contributed by atoms with Gasteiger partial charge in [0.25, 0.3) is 0 Å². The van der Waals surface area contributed by atoms with Crippen molar-refractivity contribution in [1.82, 2.24) is 14.8 Å². The Morgan fingerprint density at radius 2 is 1.67 bits per heavy atom. The van der Waals surface area contributed by atoms with Crippen molar-refractivity contribution in [1.29, 1.82) is 0 Å². The third-order valence-electron chi connectivity index (χ3n) is 4.57. The molecule has 0 spiro atoms. The summed E-state index contributed by atoms with van der Waals surface area (Å²) in [6, 6.07) is 14.0. The average molecular weight is 428 g/mol. The van der Waals surface area contributed by atoms with Gasteiger partial charge in [-0.1, -0.05) is 17.8 Å². The lowest BCUT2D eigenvalue weighted by Crippen LogP contribution is -2.20. The molecule has 0 radical (unpaired) electrons. The van der Waals surface area contributed by atoms with Gasteiger partial charge in [-0.3, -0.25) is 4.57 Å². The number of hydrogen-bond acceptors (Lipinski definition) is 6. The van der Waals surface area contributed by atoms with Gasteiger partial charge in [0.2, 0.25) is 0 Å². The zero-order valence-electron chi connectivity index (χ0n) is 18.1. The Morgan fingerprint density at radius 1 is 1.00 bits per heavy atom. The molecule has 0 bridgehead atoms. The summed E-state index contributed by atoms with van der Waals surface area (Å²) in [5.41, 5.74) is 3.26. The molecule has 0 aliphatic carbocycles. The predicted molar refractivity (Wildman–Crippen MR) is 121 cm³/mol. The van der Waals surface area contributed by atoms with Gasteiger partial charge in [-0.2, -0.15) is 0 Å². The fourth-order valence-electron chi connectivity index (χ4n) is 3.21. The molecule has 3 rings (SSSR count). The van der Waals surface area contributed by atoms with E-state index in [1.807, 2.05) is 50.2 Å². The van der Waals surface area contributed by atoms with E-state index in [-0.39, 0.29) is 12.6 Å². The molecule has 0 aliphatic rings. The molecule has 1 N–H and O–H groups in total. The predicted octanol–water partition coefficient (Wildman–Crippen LogP) is 4.68. The summed E-state index contributed by atoms with van der Waals surface area (Å²) in [7, 11) is 1.65. The Bertz CT molecular complexity index is 950. The first-order valence-electron chi connectivity index (χ1n) is 9.98. The molecule has 0 saturated carbocycles. The minimum Gasteiger partial charge on any atom is -0.497 e. The largest absolute Gasteiger partial charge is 0.497 e. The first-order valence-corrected chi connectivity index (χ1v) is 11.0. The number of benzene rings is 2. The molecule has 6 nitrogen and oxygen atoms in total. The molecule has 1 atom stereocenters. The first kappa shape index (κ1) is 22.2. The van der Waals surface area contributed by atoms with Crippen LogP contribution < -0.4 is 9.47 Å². The lowest BCUT2D eigenvalue weighted by atomic mass is 10.1. The molecule has 0 amide bonds. The van der Waals surface area contributed by atoms with E-state index in [4.69, 9.17) is 9.47 Å². The number of thioether (sulfide) groups is 1. The van der Waals surface area contributed by atoms with E-state index in [1.165, 1.54) is 11.8 Å². The maximum atomic E-state index is 10.4. The van der Waals surface area contributed by atoms with E-state index in [0.29, 0.717) is 5.75 Å². The fraction of sp³-hybridized carbons (Fsp3) is 0.391. The van der Waals surface area contributed by atoms with Crippen molar-refractivity contribution in [3.63, 3.8) is 0 Å². The van der Waals surface area contributed by atoms with E-state index >= 15 is 0 Å². The molecule has 0 aliphatic heterocycles. The van der Waals surface area contributed by atoms with Gasteiger partial charge >= 0.3 is 0 Å². The number of aryl methyl sites for hydroxylation is 2. The summed E-state index contributed by atoms with van der Waals surface area (Å²) in [6.07, 6.45) is -0.613. The Balaban J connectivity index is 1.65.